The molecule has 1 aromatic carbocycles. The fraction of sp³-hybridized carbons (Fsp3) is 0.571. The van der Waals surface area contributed by atoms with Crippen molar-refractivity contribution >= 4 is 0 Å². The van der Waals surface area contributed by atoms with Crippen LogP contribution in [-0.2, 0) is 6.42 Å². The lowest BCUT2D eigenvalue weighted by atomic mass is 10.1. The predicted molar refractivity (Wildman–Crippen MR) is 68.6 cm³/mol. The number of aryl methyl sites for hydroxylation is 1. The zero-order valence-corrected chi connectivity index (χ0v) is 11.1. The van der Waals surface area contributed by atoms with E-state index in [0.29, 0.717) is 6.42 Å². The summed E-state index contributed by atoms with van der Waals surface area (Å²) in [6, 6.07) is 2.32. The van der Waals surface area contributed by atoms with Crippen LogP contribution in [0.4, 0.5) is 13.2 Å². The Morgan fingerprint density at radius 2 is 1.68 bits per heavy atom. The number of likely N-dealkylation sites (N-methyl/N-ethyl adjacent to an activating group) is 1. The first kappa shape index (κ1) is 14.3. The Kier molecular flexibility index (Phi) is 4.82. The molecular weight excluding hydrogens is 253 g/mol. The van der Waals surface area contributed by atoms with Crippen molar-refractivity contribution in [1.29, 1.82) is 0 Å². The maximum atomic E-state index is 13.4. The van der Waals surface area contributed by atoms with E-state index in [-0.39, 0.29) is 5.56 Å². The first-order chi connectivity index (χ1) is 9.08. The summed E-state index contributed by atoms with van der Waals surface area (Å²) < 4.78 is 39.3. The molecule has 0 saturated carbocycles. The summed E-state index contributed by atoms with van der Waals surface area (Å²) in [5, 5.41) is 0. The Bertz CT molecular complexity index is 429. The second-order valence-electron chi connectivity index (χ2n) is 5.08. The zero-order valence-electron chi connectivity index (χ0n) is 11.1. The van der Waals surface area contributed by atoms with Gasteiger partial charge in [-0.2, -0.15) is 0 Å². The summed E-state index contributed by atoms with van der Waals surface area (Å²) in [6.45, 7) is 4.97. The van der Waals surface area contributed by atoms with E-state index < -0.39 is 17.5 Å². The van der Waals surface area contributed by atoms with E-state index in [0.717, 1.165) is 45.2 Å². The van der Waals surface area contributed by atoms with Gasteiger partial charge in [-0.3, -0.25) is 0 Å². The molecule has 0 amide bonds. The van der Waals surface area contributed by atoms with Gasteiger partial charge in [0.25, 0.3) is 0 Å². The van der Waals surface area contributed by atoms with Crippen LogP contribution in [0.25, 0.3) is 0 Å². The molecule has 1 saturated heterocycles. The molecule has 0 radical (unpaired) electrons. The highest BCUT2D eigenvalue weighted by atomic mass is 19.2. The quantitative estimate of drug-likeness (QED) is 0.776. The Morgan fingerprint density at radius 1 is 1.00 bits per heavy atom. The average molecular weight is 272 g/mol. The highest BCUT2D eigenvalue weighted by Crippen LogP contribution is 2.16. The third-order valence-corrected chi connectivity index (χ3v) is 3.63. The van der Waals surface area contributed by atoms with Gasteiger partial charge in [-0.15, -0.1) is 0 Å². The highest BCUT2D eigenvalue weighted by molar-refractivity contribution is 5.20. The smallest absolute Gasteiger partial charge is 0.194 e. The fourth-order valence-electron chi connectivity index (χ4n) is 2.32. The number of nitrogens with zero attached hydrogens (tertiary/aromatic N) is 2. The Hall–Kier alpha value is -1.07. The molecule has 19 heavy (non-hydrogen) atoms. The first-order valence-electron chi connectivity index (χ1n) is 6.61. The second-order valence-corrected chi connectivity index (χ2v) is 5.08. The topological polar surface area (TPSA) is 6.48 Å². The van der Waals surface area contributed by atoms with Gasteiger partial charge in [-0.25, -0.2) is 13.2 Å². The first-order valence-corrected chi connectivity index (χ1v) is 6.61. The molecule has 0 aromatic heterocycles. The maximum absolute atomic E-state index is 13.4. The van der Waals surface area contributed by atoms with Crippen LogP contribution in [0.1, 0.15) is 12.0 Å². The van der Waals surface area contributed by atoms with Crippen molar-refractivity contribution in [3.8, 4) is 0 Å². The molecule has 1 fully saturated rings. The van der Waals surface area contributed by atoms with Crippen molar-refractivity contribution in [2.24, 2.45) is 0 Å². The lowest BCUT2D eigenvalue weighted by Gasteiger charge is -2.32. The van der Waals surface area contributed by atoms with Gasteiger partial charge in [0.1, 0.15) is 0 Å². The van der Waals surface area contributed by atoms with E-state index in [4.69, 9.17) is 0 Å². The van der Waals surface area contributed by atoms with E-state index in [9.17, 15) is 13.2 Å². The lowest BCUT2D eigenvalue weighted by molar-refractivity contribution is 0.153. The van der Waals surface area contributed by atoms with Crippen LogP contribution >= 0.6 is 0 Å². The van der Waals surface area contributed by atoms with E-state index in [2.05, 4.69) is 16.8 Å². The standard InChI is InChI=1S/C14H19F3N2/c1-18-7-9-19(10-8-18)6-2-3-11-4-5-12(15)14(17)13(11)16/h4-5H,2-3,6-10H2,1H3. The largest absolute Gasteiger partial charge is 0.304 e. The van der Waals surface area contributed by atoms with Crippen molar-refractivity contribution in [2.75, 3.05) is 39.8 Å². The number of piperazine rings is 1. The van der Waals surface area contributed by atoms with Gasteiger partial charge in [0.2, 0.25) is 0 Å². The molecule has 0 aliphatic carbocycles. The van der Waals surface area contributed by atoms with Gasteiger partial charge in [-0.05, 0) is 38.1 Å². The SMILES string of the molecule is CN1CCN(CCCc2ccc(F)c(F)c2F)CC1. The van der Waals surface area contributed by atoms with Crippen LogP contribution in [0.2, 0.25) is 0 Å². The van der Waals surface area contributed by atoms with E-state index in [1.165, 1.54) is 6.07 Å². The third kappa shape index (κ3) is 3.70. The summed E-state index contributed by atoms with van der Waals surface area (Å²) >= 11 is 0. The van der Waals surface area contributed by atoms with Crippen molar-refractivity contribution in [2.45, 2.75) is 12.8 Å². The summed E-state index contributed by atoms with van der Waals surface area (Å²) in [5.74, 6) is -3.53. The normalized spacial score (nSPS) is 17.9. The molecule has 0 N–H and O–H groups in total. The molecule has 0 atom stereocenters. The van der Waals surface area contributed by atoms with Crippen LogP contribution < -0.4 is 0 Å². The fourth-order valence-corrected chi connectivity index (χ4v) is 2.32. The van der Waals surface area contributed by atoms with Crippen LogP contribution in [0, 0.1) is 17.5 Å². The van der Waals surface area contributed by atoms with Crippen LogP contribution in [0.15, 0.2) is 12.1 Å². The summed E-state index contributed by atoms with van der Waals surface area (Å²) in [6.07, 6.45) is 1.20. The third-order valence-electron chi connectivity index (χ3n) is 3.63. The zero-order chi connectivity index (χ0) is 13.8. The minimum Gasteiger partial charge on any atom is -0.304 e. The van der Waals surface area contributed by atoms with E-state index >= 15 is 0 Å². The number of hydrogen-bond acceptors (Lipinski definition) is 2. The molecule has 1 aliphatic heterocycles. The average Bonchev–Trinajstić information content (AvgIpc) is 2.41. The second kappa shape index (κ2) is 6.39. The van der Waals surface area contributed by atoms with Gasteiger partial charge in [0, 0.05) is 26.2 Å². The summed E-state index contributed by atoms with van der Waals surface area (Å²) in [4.78, 5) is 4.59. The maximum Gasteiger partial charge on any atom is 0.194 e. The molecule has 1 heterocycles. The van der Waals surface area contributed by atoms with Gasteiger partial charge in [0.15, 0.2) is 17.5 Å². The van der Waals surface area contributed by atoms with Crippen molar-refractivity contribution in [3.63, 3.8) is 0 Å². The van der Waals surface area contributed by atoms with E-state index in [1.807, 2.05) is 0 Å². The minimum absolute atomic E-state index is 0.257. The molecular formula is C14H19F3N2. The Labute approximate surface area is 111 Å². The van der Waals surface area contributed by atoms with Crippen molar-refractivity contribution in [3.05, 3.63) is 35.1 Å². The molecule has 106 valence electrons. The number of benzene rings is 1. The van der Waals surface area contributed by atoms with E-state index in [1.54, 1.807) is 0 Å². The summed E-state index contributed by atoms with van der Waals surface area (Å²) in [7, 11) is 2.09. The van der Waals surface area contributed by atoms with Crippen LogP contribution in [0.3, 0.4) is 0 Å². The molecule has 1 aromatic rings. The van der Waals surface area contributed by atoms with Gasteiger partial charge in [0.05, 0.1) is 0 Å². The molecule has 0 bridgehead atoms. The predicted octanol–water partition coefficient (Wildman–Crippen LogP) is 2.28. The van der Waals surface area contributed by atoms with Gasteiger partial charge < -0.3 is 9.80 Å². The monoisotopic (exact) mass is 272 g/mol. The molecule has 2 nitrogen and oxygen atoms in total. The van der Waals surface area contributed by atoms with Crippen LogP contribution in [0.5, 0.6) is 0 Å². The molecule has 1 aliphatic rings. The summed E-state index contributed by atoms with van der Waals surface area (Å²) in [5.41, 5.74) is 0.257. The molecule has 0 unspecified atom stereocenters. The molecule has 2 rings (SSSR count). The number of rotatable bonds is 4. The number of hydrogen-bond donors (Lipinski definition) is 0. The van der Waals surface area contributed by atoms with Gasteiger partial charge in [-0.1, -0.05) is 6.07 Å². The van der Waals surface area contributed by atoms with Crippen molar-refractivity contribution in [1.82, 2.24) is 9.80 Å². The Morgan fingerprint density at radius 3 is 2.37 bits per heavy atom. The highest BCUT2D eigenvalue weighted by Gasteiger charge is 2.15. The lowest BCUT2D eigenvalue weighted by Crippen LogP contribution is -2.44. The number of halogens is 3. The van der Waals surface area contributed by atoms with Crippen LogP contribution in [-0.4, -0.2) is 49.6 Å². The minimum atomic E-state index is -1.36. The van der Waals surface area contributed by atoms with Crippen molar-refractivity contribution < 1.29 is 13.2 Å². The molecule has 5 heteroatoms. The molecule has 0 spiro atoms. The van der Waals surface area contributed by atoms with Gasteiger partial charge >= 0.3 is 0 Å². The Balaban J connectivity index is 1.81.